The lowest BCUT2D eigenvalue weighted by atomic mass is 10.0. The zero-order valence-corrected chi connectivity index (χ0v) is 12.3. The zero-order valence-electron chi connectivity index (χ0n) is 11.5. The number of carbonyl (C=O) groups is 1. The first kappa shape index (κ1) is 15.6. The minimum Gasteiger partial charge on any atom is -0.466 e. The van der Waals surface area contributed by atoms with Crippen LogP contribution in [0.15, 0.2) is 52.0 Å². The highest BCUT2D eigenvalue weighted by Crippen LogP contribution is 2.20. The number of benzene rings is 1. The van der Waals surface area contributed by atoms with E-state index in [2.05, 4.69) is 5.32 Å². The van der Waals surface area contributed by atoms with Crippen LogP contribution in [-0.2, 0) is 10.4 Å². The molecule has 1 amide bonds. The Morgan fingerprint density at radius 3 is 2.71 bits per heavy atom. The van der Waals surface area contributed by atoms with Crippen molar-refractivity contribution < 1.29 is 18.7 Å². The van der Waals surface area contributed by atoms with Gasteiger partial charge in [-0.1, -0.05) is 0 Å². The summed E-state index contributed by atoms with van der Waals surface area (Å²) in [4.78, 5) is 12.6. The first-order valence-electron chi connectivity index (χ1n) is 6.39. The van der Waals surface area contributed by atoms with E-state index in [9.17, 15) is 14.3 Å². The predicted molar refractivity (Wildman–Crippen MR) is 78.4 cm³/mol. The van der Waals surface area contributed by atoms with Gasteiger partial charge in [0, 0.05) is 4.90 Å². The van der Waals surface area contributed by atoms with Crippen LogP contribution in [-0.4, -0.2) is 23.3 Å². The molecule has 0 saturated heterocycles. The van der Waals surface area contributed by atoms with Crippen LogP contribution in [0.2, 0.25) is 0 Å². The molecule has 0 unspecified atom stereocenters. The summed E-state index contributed by atoms with van der Waals surface area (Å²) in [5, 5.41) is 12.8. The number of carbonyl (C=O) groups excluding carboxylic acids is 1. The van der Waals surface area contributed by atoms with Crippen LogP contribution in [0.5, 0.6) is 0 Å². The number of hydrogen-bond acceptors (Lipinski definition) is 4. The van der Waals surface area contributed by atoms with Gasteiger partial charge in [0.15, 0.2) is 0 Å². The number of halogens is 1. The molecule has 0 spiro atoms. The molecule has 1 heterocycles. The lowest BCUT2D eigenvalue weighted by molar-refractivity contribution is -0.119. The van der Waals surface area contributed by atoms with Crippen molar-refractivity contribution in [1.29, 1.82) is 0 Å². The predicted octanol–water partition coefficient (Wildman–Crippen LogP) is 2.53. The summed E-state index contributed by atoms with van der Waals surface area (Å²) in [5.74, 6) is 0.0725. The Hall–Kier alpha value is -1.79. The summed E-state index contributed by atoms with van der Waals surface area (Å²) in [6.07, 6.45) is 1.47. The highest BCUT2D eigenvalue weighted by atomic mass is 32.2. The standard InChI is InChI=1S/C15H16FNO3S/c1-15(19,13-3-2-8-20-13)10-17-14(18)9-21-12-6-4-11(16)5-7-12/h2-8,19H,9-10H2,1H3,(H,17,18)/t15-/m1/s1. The smallest absolute Gasteiger partial charge is 0.230 e. The number of furan rings is 1. The third-order valence-corrected chi connectivity index (χ3v) is 3.88. The molecule has 2 aromatic rings. The van der Waals surface area contributed by atoms with E-state index in [1.165, 1.54) is 30.2 Å². The third-order valence-electron chi connectivity index (χ3n) is 2.87. The Morgan fingerprint density at radius 2 is 2.10 bits per heavy atom. The summed E-state index contributed by atoms with van der Waals surface area (Å²) in [6.45, 7) is 1.63. The molecule has 0 saturated carbocycles. The maximum atomic E-state index is 12.7. The number of thioether (sulfide) groups is 1. The van der Waals surface area contributed by atoms with Crippen molar-refractivity contribution in [3.05, 3.63) is 54.2 Å². The van der Waals surface area contributed by atoms with Crippen LogP contribution in [0.1, 0.15) is 12.7 Å². The fraction of sp³-hybridized carbons (Fsp3) is 0.267. The van der Waals surface area contributed by atoms with Crippen molar-refractivity contribution in [3.8, 4) is 0 Å². The van der Waals surface area contributed by atoms with Gasteiger partial charge in [-0.05, 0) is 43.3 Å². The molecule has 6 heteroatoms. The Morgan fingerprint density at radius 1 is 1.38 bits per heavy atom. The van der Waals surface area contributed by atoms with Crippen molar-refractivity contribution in [2.24, 2.45) is 0 Å². The van der Waals surface area contributed by atoms with Gasteiger partial charge in [0.05, 0.1) is 18.6 Å². The fourth-order valence-corrected chi connectivity index (χ4v) is 2.40. The molecule has 0 fully saturated rings. The van der Waals surface area contributed by atoms with Crippen LogP contribution < -0.4 is 5.32 Å². The van der Waals surface area contributed by atoms with Gasteiger partial charge in [-0.2, -0.15) is 0 Å². The fourth-order valence-electron chi connectivity index (χ4n) is 1.67. The van der Waals surface area contributed by atoms with Gasteiger partial charge in [0.2, 0.25) is 5.91 Å². The average Bonchev–Trinajstić information content (AvgIpc) is 3.00. The van der Waals surface area contributed by atoms with E-state index < -0.39 is 5.60 Å². The van der Waals surface area contributed by atoms with E-state index in [0.717, 1.165) is 4.90 Å². The Labute approximate surface area is 126 Å². The Kier molecular flexibility index (Phi) is 5.03. The van der Waals surface area contributed by atoms with Crippen molar-refractivity contribution in [3.63, 3.8) is 0 Å². The summed E-state index contributed by atoms with van der Waals surface area (Å²) < 4.78 is 17.9. The number of amides is 1. The molecule has 0 aliphatic rings. The summed E-state index contributed by atoms with van der Waals surface area (Å²) in [5.41, 5.74) is -1.25. The average molecular weight is 309 g/mol. The summed E-state index contributed by atoms with van der Waals surface area (Å²) in [7, 11) is 0. The van der Waals surface area contributed by atoms with Gasteiger partial charge in [0.1, 0.15) is 17.2 Å². The number of nitrogens with one attached hydrogen (secondary N) is 1. The molecule has 0 radical (unpaired) electrons. The van der Waals surface area contributed by atoms with Crippen molar-refractivity contribution >= 4 is 17.7 Å². The summed E-state index contributed by atoms with van der Waals surface area (Å²) >= 11 is 1.30. The summed E-state index contributed by atoms with van der Waals surface area (Å²) in [6, 6.07) is 9.26. The maximum absolute atomic E-state index is 12.7. The third kappa shape index (κ3) is 4.61. The van der Waals surface area contributed by atoms with Crippen molar-refractivity contribution in [2.45, 2.75) is 17.4 Å². The molecule has 112 valence electrons. The first-order valence-corrected chi connectivity index (χ1v) is 7.37. The largest absolute Gasteiger partial charge is 0.466 e. The minimum atomic E-state index is -1.25. The lowest BCUT2D eigenvalue weighted by Crippen LogP contribution is -2.39. The van der Waals surface area contributed by atoms with Crippen LogP contribution in [0.3, 0.4) is 0 Å². The van der Waals surface area contributed by atoms with Gasteiger partial charge in [0.25, 0.3) is 0 Å². The van der Waals surface area contributed by atoms with Crippen LogP contribution in [0, 0.1) is 5.82 Å². The van der Waals surface area contributed by atoms with E-state index >= 15 is 0 Å². The molecule has 2 N–H and O–H groups in total. The van der Waals surface area contributed by atoms with Crippen molar-refractivity contribution in [1.82, 2.24) is 5.32 Å². The van der Waals surface area contributed by atoms with Gasteiger partial charge >= 0.3 is 0 Å². The van der Waals surface area contributed by atoms with Gasteiger partial charge in [-0.3, -0.25) is 4.79 Å². The highest BCUT2D eigenvalue weighted by Gasteiger charge is 2.26. The quantitative estimate of drug-likeness (QED) is 0.805. The van der Waals surface area contributed by atoms with Gasteiger partial charge in [-0.15, -0.1) is 11.8 Å². The second kappa shape index (κ2) is 6.78. The molecule has 0 aliphatic heterocycles. The molecule has 21 heavy (non-hydrogen) atoms. The molecule has 4 nitrogen and oxygen atoms in total. The number of aliphatic hydroxyl groups is 1. The van der Waals surface area contributed by atoms with E-state index in [1.54, 1.807) is 31.2 Å². The number of hydrogen-bond donors (Lipinski definition) is 2. The molecular weight excluding hydrogens is 293 g/mol. The molecule has 0 aliphatic carbocycles. The molecular formula is C15H16FNO3S. The second-order valence-electron chi connectivity index (χ2n) is 4.77. The normalized spacial score (nSPS) is 13.7. The maximum Gasteiger partial charge on any atom is 0.230 e. The Balaban J connectivity index is 1.78. The molecule has 1 aromatic carbocycles. The zero-order chi connectivity index (χ0) is 15.3. The molecule has 2 rings (SSSR count). The first-order chi connectivity index (χ1) is 9.97. The molecule has 1 atom stereocenters. The minimum absolute atomic E-state index is 0.0589. The number of rotatable bonds is 6. The SMILES string of the molecule is C[C@@](O)(CNC(=O)CSc1ccc(F)cc1)c1ccco1. The Bertz CT molecular complexity index is 581. The second-order valence-corrected chi connectivity index (χ2v) is 5.82. The van der Waals surface area contributed by atoms with E-state index in [-0.39, 0.29) is 24.0 Å². The van der Waals surface area contributed by atoms with Crippen LogP contribution in [0.25, 0.3) is 0 Å². The lowest BCUT2D eigenvalue weighted by Gasteiger charge is -2.21. The topological polar surface area (TPSA) is 62.5 Å². The molecule has 1 aromatic heterocycles. The monoisotopic (exact) mass is 309 g/mol. The van der Waals surface area contributed by atoms with Gasteiger partial charge < -0.3 is 14.8 Å². The van der Waals surface area contributed by atoms with E-state index in [0.29, 0.717) is 5.76 Å². The van der Waals surface area contributed by atoms with Gasteiger partial charge in [-0.25, -0.2) is 4.39 Å². The van der Waals surface area contributed by atoms with Crippen molar-refractivity contribution in [2.75, 3.05) is 12.3 Å². The van der Waals surface area contributed by atoms with E-state index in [4.69, 9.17) is 4.42 Å². The van der Waals surface area contributed by atoms with Crippen LogP contribution in [0.4, 0.5) is 4.39 Å². The highest BCUT2D eigenvalue weighted by molar-refractivity contribution is 8.00. The van der Waals surface area contributed by atoms with Crippen LogP contribution >= 0.6 is 11.8 Å². The van der Waals surface area contributed by atoms with E-state index in [1.807, 2.05) is 0 Å². The molecule has 0 bridgehead atoms.